The minimum atomic E-state index is -0.898. The molecule has 0 aliphatic rings. The van der Waals surface area contributed by atoms with Crippen LogP contribution in [-0.4, -0.2) is 21.6 Å². The van der Waals surface area contributed by atoms with Crippen molar-refractivity contribution in [3.05, 3.63) is 24.3 Å². The van der Waals surface area contributed by atoms with E-state index in [2.05, 4.69) is 10.3 Å². The van der Waals surface area contributed by atoms with Crippen molar-refractivity contribution < 1.29 is 9.90 Å². The Morgan fingerprint density at radius 2 is 1.89 bits per heavy atom. The fourth-order valence-corrected chi connectivity index (χ4v) is 2.64. The van der Waals surface area contributed by atoms with E-state index in [0.717, 1.165) is 15.3 Å². The van der Waals surface area contributed by atoms with E-state index >= 15 is 0 Å². The number of carboxylic acids is 1. The van der Waals surface area contributed by atoms with Crippen molar-refractivity contribution in [2.24, 2.45) is 5.41 Å². The van der Waals surface area contributed by atoms with Gasteiger partial charge in [0.25, 0.3) is 0 Å². The van der Waals surface area contributed by atoms with E-state index in [4.69, 9.17) is 0 Å². The predicted octanol–water partition coefficient (Wildman–Crippen LogP) is 3.60. The number of anilines is 1. The lowest BCUT2D eigenvalue weighted by atomic mass is 9.74. The number of para-hydroxylation sites is 1. The Labute approximate surface area is 116 Å². The highest BCUT2D eigenvalue weighted by Gasteiger charge is 2.43. The van der Waals surface area contributed by atoms with Crippen LogP contribution in [0.15, 0.2) is 24.3 Å². The third-order valence-corrected chi connectivity index (χ3v) is 4.76. The van der Waals surface area contributed by atoms with Crippen molar-refractivity contribution >= 4 is 32.7 Å². The molecule has 0 saturated heterocycles. The largest absolute Gasteiger partial charge is 0.481 e. The van der Waals surface area contributed by atoms with Gasteiger partial charge in [0.2, 0.25) is 0 Å². The molecule has 0 atom stereocenters. The molecule has 0 spiro atoms. The van der Waals surface area contributed by atoms with Gasteiger partial charge in [-0.05, 0) is 39.8 Å². The molecule has 19 heavy (non-hydrogen) atoms. The van der Waals surface area contributed by atoms with E-state index < -0.39 is 16.9 Å². The lowest BCUT2D eigenvalue weighted by Crippen LogP contribution is -2.50. The quantitative estimate of drug-likeness (QED) is 0.897. The summed E-state index contributed by atoms with van der Waals surface area (Å²) in [5.74, 6) is -0.828. The van der Waals surface area contributed by atoms with E-state index in [-0.39, 0.29) is 0 Å². The minimum Gasteiger partial charge on any atom is -0.481 e. The summed E-state index contributed by atoms with van der Waals surface area (Å²) in [4.78, 5) is 15.9. The van der Waals surface area contributed by atoms with Crippen molar-refractivity contribution in [2.75, 3.05) is 5.32 Å². The molecule has 0 radical (unpaired) electrons. The van der Waals surface area contributed by atoms with Gasteiger partial charge in [0, 0.05) is 5.54 Å². The van der Waals surface area contributed by atoms with Gasteiger partial charge in [-0.25, -0.2) is 4.98 Å². The second-order valence-corrected chi connectivity index (χ2v) is 6.70. The monoisotopic (exact) mass is 278 g/mol. The zero-order chi connectivity index (χ0) is 14.3. The number of hydrogen-bond donors (Lipinski definition) is 2. The number of rotatable bonds is 4. The molecule has 4 nitrogen and oxygen atoms in total. The SMILES string of the molecule is CC(C)(Nc1nc2ccccc2s1)C(C)(C)C(=O)O. The van der Waals surface area contributed by atoms with Crippen LogP contribution in [0.1, 0.15) is 27.7 Å². The Hall–Kier alpha value is -1.62. The standard InChI is InChI=1S/C14H18N2O2S/c1-13(2,11(17)18)14(3,4)16-12-15-9-7-5-6-8-10(9)19-12/h5-8H,1-4H3,(H,15,16)(H,17,18). The molecule has 1 heterocycles. The number of aliphatic carboxylic acids is 1. The third-order valence-electron chi connectivity index (χ3n) is 3.81. The van der Waals surface area contributed by atoms with Gasteiger partial charge in [-0.2, -0.15) is 0 Å². The maximum Gasteiger partial charge on any atom is 0.311 e. The van der Waals surface area contributed by atoms with Gasteiger partial charge in [-0.15, -0.1) is 0 Å². The molecular formula is C14H18N2O2S. The molecule has 2 rings (SSSR count). The summed E-state index contributed by atoms with van der Waals surface area (Å²) in [5.41, 5.74) is -0.573. The Morgan fingerprint density at radius 1 is 1.26 bits per heavy atom. The summed E-state index contributed by atoms with van der Waals surface area (Å²) in [6.07, 6.45) is 0. The molecule has 5 heteroatoms. The number of thiazole rings is 1. The third kappa shape index (κ3) is 2.42. The highest BCUT2D eigenvalue weighted by molar-refractivity contribution is 7.22. The number of nitrogens with one attached hydrogen (secondary N) is 1. The van der Waals surface area contributed by atoms with Crippen molar-refractivity contribution in [2.45, 2.75) is 33.2 Å². The van der Waals surface area contributed by atoms with Crippen LogP contribution in [0.3, 0.4) is 0 Å². The highest BCUT2D eigenvalue weighted by atomic mass is 32.1. The van der Waals surface area contributed by atoms with E-state index in [9.17, 15) is 9.90 Å². The van der Waals surface area contributed by atoms with E-state index in [1.54, 1.807) is 13.8 Å². The van der Waals surface area contributed by atoms with Crippen LogP contribution in [0.2, 0.25) is 0 Å². The average molecular weight is 278 g/mol. The minimum absolute atomic E-state index is 0.604. The van der Waals surface area contributed by atoms with E-state index in [1.165, 1.54) is 11.3 Å². The molecule has 0 unspecified atom stereocenters. The smallest absolute Gasteiger partial charge is 0.311 e. The number of hydrogen-bond acceptors (Lipinski definition) is 4. The van der Waals surface area contributed by atoms with Crippen molar-refractivity contribution in [1.29, 1.82) is 0 Å². The normalized spacial score (nSPS) is 12.6. The summed E-state index contributed by atoms with van der Waals surface area (Å²) in [6, 6.07) is 7.87. The molecule has 1 aromatic carbocycles. The topological polar surface area (TPSA) is 62.2 Å². The molecule has 0 saturated carbocycles. The average Bonchev–Trinajstić information content (AvgIpc) is 2.69. The molecule has 0 aliphatic heterocycles. The molecule has 0 amide bonds. The van der Waals surface area contributed by atoms with Crippen LogP contribution in [0, 0.1) is 5.41 Å². The number of nitrogens with zero attached hydrogens (tertiary/aromatic N) is 1. The van der Waals surface area contributed by atoms with Crippen LogP contribution < -0.4 is 5.32 Å². The Kier molecular flexibility index (Phi) is 3.26. The number of fused-ring (bicyclic) bond motifs is 1. The molecule has 0 fully saturated rings. The number of aromatic nitrogens is 1. The van der Waals surface area contributed by atoms with Gasteiger partial charge >= 0.3 is 5.97 Å². The van der Waals surface area contributed by atoms with E-state index in [0.29, 0.717) is 0 Å². The summed E-state index contributed by atoms with van der Waals surface area (Å²) in [6.45, 7) is 7.20. The number of carboxylic acid groups (broad SMARTS) is 1. The molecule has 0 bridgehead atoms. The molecule has 0 aliphatic carbocycles. The van der Waals surface area contributed by atoms with Gasteiger partial charge in [-0.3, -0.25) is 4.79 Å². The fraction of sp³-hybridized carbons (Fsp3) is 0.429. The number of benzene rings is 1. The molecule has 102 valence electrons. The second kappa shape index (κ2) is 4.49. The lowest BCUT2D eigenvalue weighted by molar-refractivity contribution is -0.149. The maximum atomic E-state index is 11.4. The van der Waals surface area contributed by atoms with Crippen LogP contribution in [0.5, 0.6) is 0 Å². The zero-order valence-electron chi connectivity index (χ0n) is 11.5. The summed E-state index contributed by atoms with van der Waals surface area (Å²) in [7, 11) is 0. The summed E-state index contributed by atoms with van der Waals surface area (Å²) in [5, 5.41) is 13.3. The van der Waals surface area contributed by atoms with Gasteiger partial charge in [-0.1, -0.05) is 23.5 Å². The highest BCUT2D eigenvalue weighted by Crippen LogP contribution is 2.36. The molecule has 2 N–H and O–H groups in total. The van der Waals surface area contributed by atoms with Crippen LogP contribution in [0.25, 0.3) is 10.2 Å². The molecule has 2 aromatic rings. The van der Waals surface area contributed by atoms with Gasteiger partial charge in [0.15, 0.2) is 5.13 Å². The van der Waals surface area contributed by atoms with Crippen molar-refractivity contribution in [1.82, 2.24) is 4.98 Å². The first-order valence-corrected chi connectivity index (χ1v) is 6.93. The van der Waals surface area contributed by atoms with Gasteiger partial charge < -0.3 is 10.4 Å². The first-order chi connectivity index (χ1) is 8.74. The second-order valence-electron chi connectivity index (χ2n) is 5.67. The Balaban J connectivity index is 2.31. The first-order valence-electron chi connectivity index (χ1n) is 6.11. The van der Waals surface area contributed by atoms with Crippen molar-refractivity contribution in [3.63, 3.8) is 0 Å². The fourth-order valence-electron chi connectivity index (χ4n) is 1.62. The van der Waals surface area contributed by atoms with Crippen LogP contribution >= 0.6 is 11.3 Å². The van der Waals surface area contributed by atoms with Crippen LogP contribution in [-0.2, 0) is 4.79 Å². The van der Waals surface area contributed by atoms with Gasteiger partial charge in [0.1, 0.15) is 0 Å². The van der Waals surface area contributed by atoms with E-state index in [1.807, 2.05) is 38.1 Å². The van der Waals surface area contributed by atoms with Crippen molar-refractivity contribution in [3.8, 4) is 0 Å². The lowest BCUT2D eigenvalue weighted by Gasteiger charge is -2.38. The summed E-state index contributed by atoms with van der Waals surface area (Å²) < 4.78 is 1.09. The Morgan fingerprint density at radius 3 is 2.47 bits per heavy atom. The first kappa shape index (κ1) is 13.8. The van der Waals surface area contributed by atoms with Crippen LogP contribution in [0.4, 0.5) is 5.13 Å². The number of carbonyl (C=O) groups is 1. The molecular weight excluding hydrogens is 260 g/mol. The van der Waals surface area contributed by atoms with Gasteiger partial charge in [0.05, 0.1) is 15.6 Å². The predicted molar refractivity (Wildman–Crippen MR) is 78.7 cm³/mol. The molecule has 1 aromatic heterocycles. The zero-order valence-corrected chi connectivity index (χ0v) is 12.3. The Bertz CT molecular complexity index is 584. The summed E-state index contributed by atoms with van der Waals surface area (Å²) >= 11 is 1.54. The maximum absolute atomic E-state index is 11.4.